The molecular formula is C6H10N2O2S. The average Bonchev–Trinajstić information content (AvgIpc) is 2.07. The molecule has 0 spiro atoms. The van der Waals surface area contributed by atoms with Crippen LogP contribution in [0, 0.1) is 17.2 Å². The zero-order chi connectivity index (χ0) is 8.48. The van der Waals surface area contributed by atoms with Gasteiger partial charge in [-0.05, 0) is 0 Å². The summed E-state index contributed by atoms with van der Waals surface area (Å²) in [6, 6.07) is 1.60. The molecule has 1 aliphatic rings. The molecule has 2 N–H and O–H groups in total. The maximum absolute atomic E-state index is 10.9. The second kappa shape index (κ2) is 2.80. The molecule has 1 heterocycles. The lowest BCUT2D eigenvalue weighted by Crippen LogP contribution is -2.28. The second-order valence-electron chi connectivity index (χ2n) is 2.86. The first-order chi connectivity index (χ1) is 5.05. The van der Waals surface area contributed by atoms with Crippen molar-refractivity contribution in [3.63, 3.8) is 0 Å². The van der Waals surface area contributed by atoms with Crippen LogP contribution in [0.4, 0.5) is 0 Å². The van der Waals surface area contributed by atoms with Gasteiger partial charge in [0.25, 0.3) is 0 Å². The van der Waals surface area contributed by atoms with E-state index in [9.17, 15) is 8.42 Å². The first-order valence-electron chi connectivity index (χ1n) is 3.38. The van der Waals surface area contributed by atoms with Crippen LogP contribution < -0.4 is 5.73 Å². The Kier molecular flexibility index (Phi) is 2.16. The highest BCUT2D eigenvalue weighted by atomic mass is 32.2. The summed E-state index contributed by atoms with van der Waals surface area (Å²) in [7, 11) is -2.94. The second-order valence-corrected chi connectivity index (χ2v) is 5.02. The molecule has 0 saturated carbocycles. The van der Waals surface area contributed by atoms with Crippen LogP contribution in [0.3, 0.4) is 0 Å². The normalized spacial score (nSPS) is 34.9. The molecule has 0 amide bonds. The molecule has 2 atom stereocenters. The number of hydrogen-bond acceptors (Lipinski definition) is 4. The number of nitrogens with two attached hydrogens (primary N) is 1. The third-order valence-corrected chi connectivity index (χ3v) is 3.70. The molecule has 1 rings (SSSR count). The SMILES string of the molecule is N#CCC1CS(=O)(=O)CC1N. The Balaban J connectivity index is 2.68. The van der Waals surface area contributed by atoms with Crippen molar-refractivity contribution in [2.24, 2.45) is 11.7 Å². The van der Waals surface area contributed by atoms with Crippen molar-refractivity contribution in [3.8, 4) is 6.07 Å². The lowest BCUT2D eigenvalue weighted by atomic mass is 10.0. The van der Waals surface area contributed by atoms with Crippen LogP contribution in [0.1, 0.15) is 6.42 Å². The van der Waals surface area contributed by atoms with Crippen LogP contribution in [0.15, 0.2) is 0 Å². The molecule has 4 nitrogen and oxygen atoms in total. The van der Waals surface area contributed by atoms with E-state index in [1.54, 1.807) is 0 Å². The fourth-order valence-corrected chi connectivity index (χ4v) is 3.29. The fraction of sp³-hybridized carbons (Fsp3) is 0.833. The summed E-state index contributed by atoms with van der Waals surface area (Å²) in [5, 5.41) is 8.31. The van der Waals surface area contributed by atoms with Crippen LogP contribution in [0.5, 0.6) is 0 Å². The number of nitriles is 1. The van der Waals surface area contributed by atoms with Gasteiger partial charge in [0, 0.05) is 18.4 Å². The Bertz CT molecular complexity index is 277. The molecule has 2 unspecified atom stereocenters. The van der Waals surface area contributed by atoms with Gasteiger partial charge in [0.1, 0.15) is 0 Å². The molecule has 1 fully saturated rings. The quantitative estimate of drug-likeness (QED) is 0.568. The Morgan fingerprint density at radius 3 is 2.55 bits per heavy atom. The summed E-state index contributed by atoms with van der Waals surface area (Å²) in [6.07, 6.45) is 0.250. The number of sulfone groups is 1. The topological polar surface area (TPSA) is 84.0 Å². The minimum absolute atomic E-state index is 0.0410. The molecule has 1 saturated heterocycles. The van der Waals surface area contributed by atoms with E-state index in [-0.39, 0.29) is 29.9 Å². The van der Waals surface area contributed by atoms with Gasteiger partial charge in [-0.2, -0.15) is 5.26 Å². The summed E-state index contributed by atoms with van der Waals surface area (Å²) in [5.41, 5.74) is 5.51. The standard InChI is InChI=1S/C6H10N2O2S/c7-2-1-5-3-11(9,10)4-6(5)8/h5-6H,1,3-4,8H2. The minimum Gasteiger partial charge on any atom is -0.326 e. The summed E-state index contributed by atoms with van der Waals surface area (Å²) in [5.74, 6) is -0.0221. The van der Waals surface area contributed by atoms with Crippen LogP contribution in [0.2, 0.25) is 0 Å². The van der Waals surface area contributed by atoms with Crippen LogP contribution in [-0.4, -0.2) is 26.0 Å². The van der Waals surface area contributed by atoms with E-state index in [4.69, 9.17) is 11.0 Å². The molecular weight excluding hydrogens is 164 g/mol. The lowest BCUT2D eigenvalue weighted by Gasteiger charge is -2.06. The Hall–Kier alpha value is -0.600. The highest BCUT2D eigenvalue weighted by Gasteiger charge is 2.34. The average molecular weight is 174 g/mol. The molecule has 0 aromatic carbocycles. The van der Waals surface area contributed by atoms with Crippen LogP contribution in [0.25, 0.3) is 0 Å². The first kappa shape index (κ1) is 8.50. The lowest BCUT2D eigenvalue weighted by molar-refractivity contribution is 0.528. The molecule has 0 aromatic heterocycles. The number of nitrogens with zero attached hydrogens (tertiary/aromatic N) is 1. The highest BCUT2D eigenvalue weighted by molar-refractivity contribution is 7.91. The molecule has 0 aromatic rings. The molecule has 0 aliphatic carbocycles. The predicted molar refractivity (Wildman–Crippen MR) is 40.3 cm³/mol. The van der Waals surface area contributed by atoms with Gasteiger partial charge >= 0.3 is 0 Å². The van der Waals surface area contributed by atoms with E-state index in [0.29, 0.717) is 0 Å². The molecule has 0 bridgehead atoms. The first-order valence-corrected chi connectivity index (χ1v) is 5.20. The van der Waals surface area contributed by atoms with Gasteiger partial charge in [-0.15, -0.1) is 0 Å². The number of hydrogen-bond donors (Lipinski definition) is 1. The summed E-state index contributed by atoms with van der Waals surface area (Å²) < 4.78 is 21.9. The molecule has 62 valence electrons. The number of rotatable bonds is 1. The summed E-state index contributed by atoms with van der Waals surface area (Å²) >= 11 is 0. The van der Waals surface area contributed by atoms with Gasteiger partial charge in [-0.25, -0.2) is 8.42 Å². The smallest absolute Gasteiger partial charge is 0.152 e. The van der Waals surface area contributed by atoms with E-state index >= 15 is 0 Å². The Morgan fingerprint density at radius 1 is 1.55 bits per heavy atom. The predicted octanol–water partition coefficient (Wildman–Crippen LogP) is -0.728. The minimum atomic E-state index is -2.94. The van der Waals surface area contributed by atoms with Crippen molar-refractivity contribution < 1.29 is 8.42 Å². The van der Waals surface area contributed by atoms with Gasteiger partial charge in [0.2, 0.25) is 0 Å². The maximum atomic E-state index is 10.9. The Labute approximate surface area is 65.9 Å². The van der Waals surface area contributed by atoms with Crippen LogP contribution in [-0.2, 0) is 9.84 Å². The zero-order valence-electron chi connectivity index (χ0n) is 6.03. The summed E-state index contributed by atoms with van der Waals surface area (Å²) in [6.45, 7) is 0. The molecule has 5 heteroatoms. The Morgan fingerprint density at radius 2 is 2.18 bits per heavy atom. The van der Waals surface area contributed by atoms with Gasteiger partial charge in [0.05, 0.1) is 17.6 Å². The molecule has 11 heavy (non-hydrogen) atoms. The van der Waals surface area contributed by atoms with E-state index in [0.717, 1.165) is 0 Å². The van der Waals surface area contributed by atoms with Crippen molar-refractivity contribution >= 4 is 9.84 Å². The van der Waals surface area contributed by atoms with Crippen molar-refractivity contribution in [1.82, 2.24) is 0 Å². The van der Waals surface area contributed by atoms with Crippen molar-refractivity contribution in [2.75, 3.05) is 11.5 Å². The maximum Gasteiger partial charge on any atom is 0.152 e. The van der Waals surface area contributed by atoms with E-state index in [1.165, 1.54) is 0 Å². The molecule has 0 radical (unpaired) electrons. The summed E-state index contributed by atoms with van der Waals surface area (Å²) in [4.78, 5) is 0. The van der Waals surface area contributed by atoms with Gasteiger partial charge < -0.3 is 5.73 Å². The third kappa shape index (κ3) is 1.91. The largest absolute Gasteiger partial charge is 0.326 e. The van der Waals surface area contributed by atoms with Crippen molar-refractivity contribution in [2.45, 2.75) is 12.5 Å². The fourth-order valence-electron chi connectivity index (χ4n) is 1.27. The van der Waals surface area contributed by atoms with E-state index in [1.807, 2.05) is 6.07 Å². The zero-order valence-corrected chi connectivity index (χ0v) is 6.84. The third-order valence-electron chi connectivity index (χ3n) is 1.87. The van der Waals surface area contributed by atoms with Gasteiger partial charge in [0.15, 0.2) is 9.84 Å². The van der Waals surface area contributed by atoms with Gasteiger partial charge in [-0.3, -0.25) is 0 Å². The van der Waals surface area contributed by atoms with Crippen molar-refractivity contribution in [1.29, 1.82) is 5.26 Å². The van der Waals surface area contributed by atoms with E-state index < -0.39 is 9.84 Å². The van der Waals surface area contributed by atoms with Crippen molar-refractivity contribution in [3.05, 3.63) is 0 Å². The highest BCUT2D eigenvalue weighted by Crippen LogP contribution is 2.19. The molecule has 1 aliphatic heterocycles. The van der Waals surface area contributed by atoms with Gasteiger partial charge in [-0.1, -0.05) is 0 Å². The van der Waals surface area contributed by atoms with E-state index in [2.05, 4.69) is 0 Å². The monoisotopic (exact) mass is 174 g/mol. The van der Waals surface area contributed by atoms with Crippen LogP contribution >= 0.6 is 0 Å².